The number of aromatic amines is 1. The lowest BCUT2D eigenvalue weighted by Gasteiger charge is -2.13. The zero-order valence-electron chi connectivity index (χ0n) is 12.4. The van der Waals surface area contributed by atoms with Gasteiger partial charge < -0.3 is 4.74 Å². The fraction of sp³-hybridized carbons (Fsp3) is 0.357. The summed E-state index contributed by atoms with van der Waals surface area (Å²) in [5.41, 5.74) is 0.917. The number of nitrogens with zero attached hydrogens (tertiary/aromatic N) is 3. The summed E-state index contributed by atoms with van der Waals surface area (Å²) < 4.78 is 9.59. The van der Waals surface area contributed by atoms with Gasteiger partial charge in [-0.3, -0.25) is 5.10 Å². The number of nitrogens with one attached hydrogen (secondary N) is 1. The van der Waals surface area contributed by atoms with Crippen molar-refractivity contribution in [1.29, 1.82) is 0 Å². The highest BCUT2D eigenvalue weighted by Crippen LogP contribution is 2.35. The average molecular weight is 448 g/mol. The molecule has 2 aromatic rings. The number of ether oxygens (including phenoxy) is 1. The topological polar surface area (TPSA) is 55.2 Å². The summed E-state index contributed by atoms with van der Waals surface area (Å²) in [7, 11) is 0. The van der Waals surface area contributed by atoms with E-state index >= 15 is 0 Å². The van der Waals surface area contributed by atoms with Crippen LogP contribution >= 0.6 is 44.1 Å². The zero-order chi connectivity index (χ0) is 16.3. The minimum Gasteiger partial charge on any atom is -0.489 e. The molecular formula is C14H16Br2N4OS. The maximum Gasteiger partial charge on any atom is 0.216 e. The highest BCUT2D eigenvalue weighted by atomic mass is 79.9. The third-order valence-corrected chi connectivity index (χ3v) is 4.17. The van der Waals surface area contributed by atoms with Crippen LogP contribution in [0.4, 0.5) is 0 Å². The van der Waals surface area contributed by atoms with E-state index in [1.807, 2.05) is 32.9 Å². The van der Waals surface area contributed by atoms with E-state index < -0.39 is 0 Å². The van der Waals surface area contributed by atoms with Crippen LogP contribution in [0, 0.1) is 4.77 Å². The number of benzene rings is 1. The number of halogens is 2. The molecule has 2 rings (SSSR count). The largest absolute Gasteiger partial charge is 0.489 e. The van der Waals surface area contributed by atoms with Gasteiger partial charge in [-0.2, -0.15) is 14.9 Å². The van der Waals surface area contributed by atoms with E-state index in [4.69, 9.17) is 17.0 Å². The molecule has 0 aliphatic rings. The van der Waals surface area contributed by atoms with Gasteiger partial charge in [-0.15, -0.1) is 0 Å². The highest BCUT2D eigenvalue weighted by Gasteiger charge is 2.10. The van der Waals surface area contributed by atoms with E-state index in [-0.39, 0.29) is 6.10 Å². The van der Waals surface area contributed by atoms with Gasteiger partial charge in [-0.25, -0.2) is 0 Å². The second kappa shape index (κ2) is 7.52. The Kier molecular flexibility index (Phi) is 5.94. The first-order valence-corrected chi connectivity index (χ1v) is 8.78. The average Bonchev–Trinajstić information content (AvgIpc) is 2.80. The Morgan fingerprint density at radius 1 is 1.41 bits per heavy atom. The first-order chi connectivity index (χ1) is 10.4. The number of hydrogen-bond acceptors (Lipinski definition) is 4. The quantitative estimate of drug-likeness (QED) is 0.533. The lowest BCUT2D eigenvalue weighted by molar-refractivity contribution is 0.239. The minimum atomic E-state index is 0.100. The molecular weight excluding hydrogens is 432 g/mol. The fourth-order valence-electron chi connectivity index (χ4n) is 1.80. The van der Waals surface area contributed by atoms with Crippen molar-refractivity contribution in [3.63, 3.8) is 0 Å². The van der Waals surface area contributed by atoms with E-state index in [9.17, 15) is 0 Å². The Bertz CT molecular complexity index is 729. The Morgan fingerprint density at radius 3 is 2.59 bits per heavy atom. The van der Waals surface area contributed by atoms with Gasteiger partial charge in [-0.05, 0) is 75.6 Å². The predicted octanol–water partition coefficient (Wildman–Crippen LogP) is 4.70. The highest BCUT2D eigenvalue weighted by molar-refractivity contribution is 9.11. The standard InChI is InChI=1S/C14H16Br2N4OS/c1-4-12-18-19-14(22)20(12)17-7-9-5-10(15)13(11(16)6-9)21-8(2)3/h5-8H,4H2,1-3H3,(H,19,22)/b17-7-. The first-order valence-electron chi connectivity index (χ1n) is 6.78. The number of rotatable bonds is 5. The van der Waals surface area contributed by atoms with Gasteiger partial charge in [0.05, 0.1) is 21.3 Å². The van der Waals surface area contributed by atoms with Gasteiger partial charge in [0.25, 0.3) is 0 Å². The molecule has 1 N–H and O–H groups in total. The van der Waals surface area contributed by atoms with Crippen LogP contribution in [0.1, 0.15) is 32.2 Å². The van der Waals surface area contributed by atoms with Gasteiger partial charge >= 0.3 is 0 Å². The van der Waals surface area contributed by atoms with Gasteiger partial charge in [0.2, 0.25) is 4.77 Å². The molecule has 1 aromatic carbocycles. The number of H-pyrrole nitrogens is 1. The van der Waals surface area contributed by atoms with Gasteiger partial charge in [0, 0.05) is 6.42 Å². The van der Waals surface area contributed by atoms with Gasteiger partial charge in [0.1, 0.15) is 5.75 Å². The van der Waals surface area contributed by atoms with Crippen molar-refractivity contribution in [2.75, 3.05) is 0 Å². The van der Waals surface area contributed by atoms with Crippen molar-refractivity contribution >= 4 is 50.3 Å². The molecule has 0 fully saturated rings. The van der Waals surface area contributed by atoms with E-state index in [0.717, 1.165) is 32.5 Å². The second-order valence-electron chi connectivity index (χ2n) is 4.84. The lowest BCUT2D eigenvalue weighted by atomic mass is 10.2. The summed E-state index contributed by atoms with van der Waals surface area (Å²) in [5, 5.41) is 11.3. The molecule has 0 aliphatic heterocycles. The third kappa shape index (κ3) is 4.05. The molecule has 1 aromatic heterocycles. The molecule has 8 heteroatoms. The van der Waals surface area contributed by atoms with Crippen LogP contribution in [-0.4, -0.2) is 27.2 Å². The minimum absolute atomic E-state index is 0.100. The van der Waals surface area contributed by atoms with Crippen molar-refractivity contribution in [2.24, 2.45) is 5.10 Å². The van der Waals surface area contributed by atoms with Crippen molar-refractivity contribution < 1.29 is 4.74 Å². The monoisotopic (exact) mass is 446 g/mol. The van der Waals surface area contributed by atoms with E-state index in [0.29, 0.717) is 4.77 Å². The molecule has 0 aliphatic carbocycles. The first kappa shape index (κ1) is 17.4. The Balaban J connectivity index is 2.32. The molecule has 0 unspecified atom stereocenters. The summed E-state index contributed by atoms with van der Waals surface area (Å²) in [6, 6.07) is 3.89. The SMILES string of the molecule is CCc1n[nH]c(=S)n1/N=C\c1cc(Br)c(OC(C)C)c(Br)c1. The number of hydrogen-bond donors (Lipinski definition) is 1. The fourth-order valence-corrected chi connectivity index (χ4v) is 3.41. The Hall–Kier alpha value is -0.990. The Morgan fingerprint density at radius 2 is 2.05 bits per heavy atom. The third-order valence-electron chi connectivity index (χ3n) is 2.73. The zero-order valence-corrected chi connectivity index (χ0v) is 16.4. The molecule has 0 amide bonds. The van der Waals surface area contributed by atoms with Crippen LogP contribution < -0.4 is 4.74 Å². The molecule has 1 heterocycles. The van der Waals surface area contributed by atoms with E-state index in [2.05, 4.69) is 47.2 Å². The molecule has 22 heavy (non-hydrogen) atoms. The molecule has 118 valence electrons. The predicted molar refractivity (Wildman–Crippen MR) is 97.4 cm³/mol. The van der Waals surface area contributed by atoms with Crippen molar-refractivity contribution in [3.05, 3.63) is 37.2 Å². The summed E-state index contributed by atoms with van der Waals surface area (Å²) in [6.07, 6.45) is 2.58. The lowest BCUT2D eigenvalue weighted by Crippen LogP contribution is -2.07. The van der Waals surface area contributed by atoms with Gasteiger partial charge in [-0.1, -0.05) is 6.92 Å². The summed E-state index contributed by atoms with van der Waals surface area (Å²) in [5.74, 6) is 1.57. The normalized spacial score (nSPS) is 11.5. The maximum atomic E-state index is 5.76. The summed E-state index contributed by atoms with van der Waals surface area (Å²) in [6.45, 7) is 5.98. The van der Waals surface area contributed by atoms with Crippen molar-refractivity contribution in [2.45, 2.75) is 33.3 Å². The molecule has 0 saturated carbocycles. The van der Waals surface area contributed by atoms with Crippen LogP contribution in [0.2, 0.25) is 0 Å². The van der Waals surface area contributed by atoms with Crippen LogP contribution in [0.5, 0.6) is 5.75 Å². The molecule has 0 saturated heterocycles. The molecule has 5 nitrogen and oxygen atoms in total. The van der Waals surface area contributed by atoms with Crippen LogP contribution in [0.25, 0.3) is 0 Å². The van der Waals surface area contributed by atoms with Gasteiger partial charge in [0.15, 0.2) is 5.82 Å². The van der Waals surface area contributed by atoms with Crippen LogP contribution in [-0.2, 0) is 6.42 Å². The Labute approximate surface area is 151 Å². The molecule has 0 bridgehead atoms. The van der Waals surface area contributed by atoms with Crippen molar-refractivity contribution in [3.8, 4) is 5.75 Å². The molecule has 0 atom stereocenters. The number of aromatic nitrogens is 3. The van der Waals surface area contributed by atoms with Crippen LogP contribution in [0.3, 0.4) is 0 Å². The van der Waals surface area contributed by atoms with E-state index in [1.54, 1.807) is 10.9 Å². The molecule has 0 spiro atoms. The van der Waals surface area contributed by atoms with Crippen molar-refractivity contribution in [1.82, 2.24) is 14.9 Å². The maximum absolute atomic E-state index is 5.76. The smallest absolute Gasteiger partial charge is 0.216 e. The summed E-state index contributed by atoms with van der Waals surface area (Å²) in [4.78, 5) is 0. The number of aryl methyl sites for hydroxylation is 1. The summed E-state index contributed by atoms with van der Waals surface area (Å²) >= 11 is 12.2. The van der Waals surface area contributed by atoms with Crippen LogP contribution in [0.15, 0.2) is 26.2 Å². The molecule has 0 radical (unpaired) electrons. The second-order valence-corrected chi connectivity index (χ2v) is 6.93. The van der Waals surface area contributed by atoms with E-state index in [1.165, 1.54) is 0 Å².